The number of aliphatic hydroxyl groups is 1. The van der Waals surface area contributed by atoms with Gasteiger partial charge in [-0.3, -0.25) is 0 Å². The van der Waals surface area contributed by atoms with Crippen molar-refractivity contribution in [3.8, 4) is 11.5 Å². The van der Waals surface area contributed by atoms with Gasteiger partial charge in [-0.1, -0.05) is 13.8 Å². The van der Waals surface area contributed by atoms with Crippen molar-refractivity contribution in [1.29, 1.82) is 0 Å². The predicted octanol–water partition coefficient (Wildman–Crippen LogP) is 2.48. The number of ether oxygens (including phenoxy) is 1. The van der Waals surface area contributed by atoms with Crippen LogP contribution in [0, 0.1) is 5.92 Å². The fourth-order valence-electron chi connectivity index (χ4n) is 1.51. The summed E-state index contributed by atoms with van der Waals surface area (Å²) < 4.78 is 4.97. The molecule has 0 spiro atoms. The predicted molar refractivity (Wildman–Crippen MR) is 59.1 cm³/mol. The molecule has 0 fully saturated rings. The zero-order chi connectivity index (χ0) is 11.4. The van der Waals surface area contributed by atoms with E-state index in [1.54, 1.807) is 19.2 Å². The summed E-state index contributed by atoms with van der Waals surface area (Å²) in [5.41, 5.74) is 0.560. The van der Waals surface area contributed by atoms with E-state index in [0.717, 1.165) is 0 Å². The van der Waals surface area contributed by atoms with Crippen molar-refractivity contribution in [2.75, 3.05) is 7.11 Å². The maximum absolute atomic E-state index is 9.83. The van der Waals surface area contributed by atoms with Crippen molar-refractivity contribution in [3.05, 3.63) is 23.8 Å². The van der Waals surface area contributed by atoms with Gasteiger partial charge in [0.25, 0.3) is 0 Å². The molecule has 0 radical (unpaired) electrons. The number of hydrogen-bond acceptors (Lipinski definition) is 3. The molecule has 3 heteroatoms. The van der Waals surface area contributed by atoms with Gasteiger partial charge in [-0.25, -0.2) is 0 Å². The van der Waals surface area contributed by atoms with E-state index in [2.05, 4.69) is 0 Å². The lowest BCUT2D eigenvalue weighted by Gasteiger charge is -2.15. The van der Waals surface area contributed by atoms with Crippen LogP contribution in [0.2, 0.25) is 0 Å². The molecule has 0 heterocycles. The van der Waals surface area contributed by atoms with Crippen LogP contribution in [0.25, 0.3) is 0 Å². The van der Waals surface area contributed by atoms with Gasteiger partial charge in [0, 0.05) is 11.6 Å². The van der Waals surface area contributed by atoms with Gasteiger partial charge in [0.05, 0.1) is 13.2 Å². The third-order valence-electron chi connectivity index (χ3n) is 2.29. The van der Waals surface area contributed by atoms with E-state index < -0.39 is 6.10 Å². The normalized spacial score (nSPS) is 12.9. The van der Waals surface area contributed by atoms with Crippen molar-refractivity contribution < 1.29 is 14.9 Å². The minimum Gasteiger partial charge on any atom is -0.507 e. The lowest BCUT2D eigenvalue weighted by Crippen LogP contribution is -2.02. The maximum Gasteiger partial charge on any atom is 0.125 e. The molecule has 0 saturated carbocycles. The number of aromatic hydroxyl groups is 1. The highest BCUT2D eigenvalue weighted by Crippen LogP contribution is 2.31. The van der Waals surface area contributed by atoms with Crippen molar-refractivity contribution in [2.24, 2.45) is 5.92 Å². The van der Waals surface area contributed by atoms with E-state index in [0.29, 0.717) is 23.7 Å². The van der Waals surface area contributed by atoms with Crippen LogP contribution in [0.3, 0.4) is 0 Å². The number of aliphatic hydroxyl groups excluding tert-OH is 1. The summed E-state index contributed by atoms with van der Waals surface area (Å²) in [6, 6.07) is 4.94. The van der Waals surface area contributed by atoms with Crippen LogP contribution < -0.4 is 4.74 Å². The molecule has 0 saturated heterocycles. The van der Waals surface area contributed by atoms with Crippen molar-refractivity contribution in [2.45, 2.75) is 26.4 Å². The molecule has 0 aliphatic heterocycles. The minimum atomic E-state index is -0.615. The first kappa shape index (κ1) is 11.9. The van der Waals surface area contributed by atoms with Crippen LogP contribution in [0.1, 0.15) is 31.9 Å². The third-order valence-corrected chi connectivity index (χ3v) is 2.29. The van der Waals surface area contributed by atoms with Crippen molar-refractivity contribution in [1.82, 2.24) is 0 Å². The van der Waals surface area contributed by atoms with E-state index in [4.69, 9.17) is 4.74 Å². The molecular weight excluding hydrogens is 192 g/mol. The molecular formula is C12H18O3. The zero-order valence-electron chi connectivity index (χ0n) is 9.40. The molecule has 0 amide bonds. The highest BCUT2D eigenvalue weighted by atomic mass is 16.5. The Labute approximate surface area is 90.3 Å². The maximum atomic E-state index is 9.83. The highest BCUT2D eigenvalue weighted by molar-refractivity contribution is 5.40. The Morgan fingerprint density at radius 2 is 2.00 bits per heavy atom. The third kappa shape index (κ3) is 3.13. The first-order valence-corrected chi connectivity index (χ1v) is 5.09. The van der Waals surface area contributed by atoms with Crippen LogP contribution in [-0.2, 0) is 0 Å². The number of methoxy groups -OCH3 is 1. The smallest absolute Gasteiger partial charge is 0.125 e. The van der Waals surface area contributed by atoms with Gasteiger partial charge in [0.1, 0.15) is 11.5 Å². The van der Waals surface area contributed by atoms with Crippen LogP contribution >= 0.6 is 0 Å². The van der Waals surface area contributed by atoms with Gasteiger partial charge < -0.3 is 14.9 Å². The van der Waals surface area contributed by atoms with Crippen LogP contribution in [0.4, 0.5) is 0 Å². The summed E-state index contributed by atoms with van der Waals surface area (Å²) >= 11 is 0. The largest absolute Gasteiger partial charge is 0.507 e. The fourth-order valence-corrected chi connectivity index (χ4v) is 1.51. The fraction of sp³-hybridized carbons (Fsp3) is 0.500. The average Bonchev–Trinajstić information content (AvgIpc) is 2.16. The van der Waals surface area contributed by atoms with Gasteiger partial charge in [0.15, 0.2) is 0 Å². The monoisotopic (exact) mass is 210 g/mol. The molecule has 1 aromatic rings. The Hall–Kier alpha value is -1.22. The van der Waals surface area contributed by atoms with E-state index in [1.807, 2.05) is 13.8 Å². The summed E-state index contributed by atoms with van der Waals surface area (Å²) in [4.78, 5) is 0. The lowest BCUT2D eigenvalue weighted by molar-refractivity contribution is 0.147. The SMILES string of the molecule is COc1ccc(C(O)CC(C)C)c(O)c1. The molecule has 0 bridgehead atoms. The number of phenols is 1. The number of rotatable bonds is 4. The van der Waals surface area contributed by atoms with Crippen molar-refractivity contribution in [3.63, 3.8) is 0 Å². The van der Waals surface area contributed by atoms with E-state index >= 15 is 0 Å². The Morgan fingerprint density at radius 1 is 1.33 bits per heavy atom. The van der Waals surface area contributed by atoms with Crippen LogP contribution in [0.15, 0.2) is 18.2 Å². The van der Waals surface area contributed by atoms with Crippen LogP contribution in [-0.4, -0.2) is 17.3 Å². The Kier molecular flexibility index (Phi) is 3.97. The van der Waals surface area contributed by atoms with E-state index in [1.165, 1.54) is 6.07 Å². The molecule has 1 rings (SSSR count). The molecule has 3 nitrogen and oxygen atoms in total. The number of benzene rings is 1. The summed E-state index contributed by atoms with van der Waals surface area (Å²) in [6.45, 7) is 4.06. The molecule has 2 N–H and O–H groups in total. The molecule has 0 aliphatic carbocycles. The first-order chi connectivity index (χ1) is 7.04. The first-order valence-electron chi connectivity index (χ1n) is 5.09. The molecule has 1 atom stereocenters. The van der Waals surface area contributed by atoms with Gasteiger partial charge >= 0.3 is 0 Å². The van der Waals surface area contributed by atoms with Gasteiger partial charge in [-0.05, 0) is 24.5 Å². The summed E-state index contributed by atoms with van der Waals surface area (Å²) in [7, 11) is 1.54. The summed E-state index contributed by atoms with van der Waals surface area (Å²) in [6.07, 6.45) is 0.0239. The number of hydrogen-bond donors (Lipinski definition) is 2. The Morgan fingerprint density at radius 3 is 2.47 bits per heavy atom. The topological polar surface area (TPSA) is 49.7 Å². The quantitative estimate of drug-likeness (QED) is 0.802. The Bertz CT molecular complexity index is 321. The molecule has 0 aromatic heterocycles. The second-order valence-corrected chi connectivity index (χ2v) is 4.07. The molecule has 1 unspecified atom stereocenters. The van der Waals surface area contributed by atoms with Gasteiger partial charge in [-0.15, -0.1) is 0 Å². The highest BCUT2D eigenvalue weighted by Gasteiger charge is 2.14. The van der Waals surface area contributed by atoms with Crippen molar-refractivity contribution >= 4 is 0 Å². The van der Waals surface area contributed by atoms with Gasteiger partial charge in [0.2, 0.25) is 0 Å². The number of phenolic OH excluding ortho intramolecular Hbond substituents is 1. The molecule has 84 valence electrons. The van der Waals surface area contributed by atoms with Crippen LogP contribution in [0.5, 0.6) is 11.5 Å². The average molecular weight is 210 g/mol. The second kappa shape index (κ2) is 5.03. The molecule has 15 heavy (non-hydrogen) atoms. The summed E-state index contributed by atoms with van der Waals surface area (Å²) in [5, 5.41) is 19.5. The van der Waals surface area contributed by atoms with E-state index in [9.17, 15) is 10.2 Å². The zero-order valence-corrected chi connectivity index (χ0v) is 9.40. The standard InChI is InChI=1S/C12H18O3/c1-8(2)6-11(13)10-5-4-9(15-3)7-12(10)14/h4-5,7-8,11,13-14H,6H2,1-3H3. The molecule has 0 aliphatic rings. The van der Waals surface area contributed by atoms with E-state index in [-0.39, 0.29) is 5.75 Å². The lowest BCUT2D eigenvalue weighted by atomic mass is 9.99. The molecule has 1 aromatic carbocycles. The Balaban J connectivity index is 2.85. The summed E-state index contributed by atoms with van der Waals surface area (Å²) in [5.74, 6) is 1.07. The second-order valence-electron chi connectivity index (χ2n) is 4.07. The minimum absolute atomic E-state index is 0.0856. The van der Waals surface area contributed by atoms with Gasteiger partial charge in [-0.2, -0.15) is 0 Å².